The molecule has 0 amide bonds. The van der Waals surface area contributed by atoms with Crippen LogP contribution in [0.15, 0.2) is 12.1 Å². The second-order valence-corrected chi connectivity index (χ2v) is 6.29. The fourth-order valence-electron chi connectivity index (χ4n) is 4.02. The molecular weight excluding hydrogens is 241 g/mol. The molecule has 19 heavy (non-hydrogen) atoms. The van der Waals surface area contributed by atoms with Crippen LogP contribution in [0.4, 0.5) is 4.39 Å². The molecule has 2 nitrogen and oxygen atoms in total. The van der Waals surface area contributed by atoms with Crippen molar-refractivity contribution in [2.75, 3.05) is 7.11 Å². The zero-order valence-electron chi connectivity index (χ0n) is 11.7. The van der Waals surface area contributed by atoms with Crippen molar-refractivity contribution in [3.05, 3.63) is 29.1 Å². The molecule has 2 bridgehead atoms. The van der Waals surface area contributed by atoms with Crippen LogP contribution in [0.5, 0.6) is 5.75 Å². The van der Waals surface area contributed by atoms with Crippen LogP contribution < -0.4 is 10.5 Å². The highest BCUT2D eigenvalue weighted by molar-refractivity contribution is 5.45. The van der Waals surface area contributed by atoms with Gasteiger partial charge in [0.2, 0.25) is 0 Å². The van der Waals surface area contributed by atoms with Crippen molar-refractivity contribution >= 4 is 0 Å². The molecular formula is C16H22FNO. The van der Waals surface area contributed by atoms with E-state index in [9.17, 15) is 4.39 Å². The molecule has 1 aromatic carbocycles. The van der Waals surface area contributed by atoms with Gasteiger partial charge in [-0.05, 0) is 42.4 Å². The van der Waals surface area contributed by atoms with Crippen LogP contribution in [0.25, 0.3) is 0 Å². The van der Waals surface area contributed by atoms with Crippen LogP contribution in [-0.4, -0.2) is 13.2 Å². The summed E-state index contributed by atoms with van der Waals surface area (Å²) in [5.41, 5.74) is 8.36. The summed E-state index contributed by atoms with van der Waals surface area (Å²) in [6, 6.07) is 3.64. The van der Waals surface area contributed by atoms with E-state index in [4.69, 9.17) is 10.5 Å². The van der Waals surface area contributed by atoms with E-state index in [-0.39, 0.29) is 17.3 Å². The Morgan fingerprint density at radius 1 is 1.37 bits per heavy atom. The molecule has 3 atom stereocenters. The van der Waals surface area contributed by atoms with Gasteiger partial charge >= 0.3 is 0 Å². The van der Waals surface area contributed by atoms with Crippen molar-refractivity contribution in [1.82, 2.24) is 0 Å². The summed E-state index contributed by atoms with van der Waals surface area (Å²) in [6.45, 7) is 2.20. The Kier molecular flexibility index (Phi) is 3.05. The predicted octanol–water partition coefficient (Wildman–Crippen LogP) is 3.17. The Bertz CT molecular complexity index is 502. The lowest BCUT2D eigenvalue weighted by Crippen LogP contribution is -2.51. The number of methoxy groups -OCH3 is 1. The summed E-state index contributed by atoms with van der Waals surface area (Å²) in [6.07, 6.45) is 5.34. The molecule has 2 aliphatic carbocycles. The van der Waals surface area contributed by atoms with Gasteiger partial charge in [0.15, 0.2) is 0 Å². The summed E-state index contributed by atoms with van der Waals surface area (Å²) in [5.74, 6) is 0.898. The number of hydrogen-bond acceptors (Lipinski definition) is 2. The molecule has 0 radical (unpaired) electrons. The molecule has 1 saturated carbocycles. The third-order valence-corrected chi connectivity index (χ3v) is 5.25. The third-order valence-electron chi connectivity index (χ3n) is 5.25. The van der Waals surface area contributed by atoms with Gasteiger partial charge in [0.05, 0.1) is 7.11 Å². The Labute approximate surface area is 114 Å². The number of ether oxygens (including phenoxy) is 1. The van der Waals surface area contributed by atoms with Gasteiger partial charge in [0.25, 0.3) is 0 Å². The zero-order chi connectivity index (χ0) is 13.6. The number of hydrogen-bond donors (Lipinski definition) is 1. The van der Waals surface area contributed by atoms with Crippen molar-refractivity contribution in [3.8, 4) is 5.75 Å². The largest absolute Gasteiger partial charge is 0.497 e. The second-order valence-electron chi connectivity index (χ2n) is 6.29. The van der Waals surface area contributed by atoms with Gasteiger partial charge < -0.3 is 10.5 Å². The lowest BCUT2D eigenvalue weighted by molar-refractivity contribution is 0.249. The van der Waals surface area contributed by atoms with E-state index in [0.29, 0.717) is 11.7 Å². The van der Waals surface area contributed by atoms with Gasteiger partial charge in [-0.3, -0.25) is 0 Å². The average Bonchev–Trinajstić information content (AvgIpc) is 2.49. The van der Waals surface area contributed by atoms with Crippen molar-refractivity contribution in [1.29, 1.82) is 0 Å². The highest BCUT2D eigenvalue weighted by Gasteiger charge is 2.45. The minimum atomic E-state index is -0.126. The van der Waals surface area contributed by atoms with Gasteiger partial charge in [-0.2, -0.15) is 0 Å². The quantitative estimate of drug-likeness (QED) is 0.844. The molecule has 3 unspecified atom stereocenters. The van der Waals surface area contributed by atoms with E-state index in [2.05, 4.69) is 6.92 Å². The van der Waals surface area contributed by atoms with Crippen molar-refractivity contribution < 1.29 is 9.13 Å². The number of halogens is 1. The average molecular weight is 263 g/mol. The fourth-order valence-corrected chi connectivity index (χ4v) is 4.02. The van der Waals surface area contributed by atoms with E-state index >= 15 is 0 Å². The van der Waals surface area contributed by atoms with E-state index in [0.717, 1.165) is 30.4 Å². The maximum Gasteiger partial charge on any atom is 0.130 e. The minimum absolute atomic E-state index is 0.107. The Morgan fingerprint density at radius 2 is 2.16 bits per heavy atom. The molecule has 104 valence electrons. The number of rotatable bonds is 1. The Morgan fingerprint density at radius 3 is 2.89 bits per heavy atom. The molecule has 0 spiro atoms. The van der Waals surface area contributed by atoms with E-state index in [1.165, 1.54) is 18.9 Å². The molecule has 0 heterocycles. The lowest BCUT2D eigenvalue weighted by Gasteiger charge is -2.44. The van der Waals surface area contributed by atoms with Crippen LogP contribution in [-0.2, 0) is 11.8 Å². The van der Waals surface area contributed by atoms with Crippen molar-refractivity contribution in [2.45, 2.75) is 50.5 Å². The van der Waals surface area contributed by atoms with E-state index in [1.54, 1.807) is 7.11 Å². The third kappa shape index (κ3) is 1.86. The maximum absolute atomic E-state index is 14.3. The van der Waals surface area contributed by atoms with Crippen LogP contribution in [0.3, 0.4) is 0 Å². The molecule has 0 aliphatic heterocycles. The smallest absolute Gasteiger partial charge is 0.130 e. The first kappa shape index (κ1) is 12.9. The first-order valence-electron chi connectivity index (χ1n) is 7.19. The van der Waals surface area contributed by atoms with E-state index in [1.807, 2.05) is 6.07 Å². The van der Waals surface area contributed by atoms with Crippen molar-refractivity contribution in [3.63, 3.8) is 0 Å². The van der Waals surface area contributed by atoms with Gasteiger partial charge in [-0.25, -0.2) is 4.39 Å². The molecule has 2 aliphatic rings. The Hall–Kier alpha value is -1.09. The maximum atomic E-state index is 14.3. The minimum Gasteiger partial charge on any atom is -0.497 e. The molecule has 3 rings (SSSR count). The van der Waals surface area contributed by atoms with Gasteiger partial charge in [0, 0.05) is 17.5 Å². The topological polar surface area (TPSA) is 35.2 Å². The first-order chi connectivity index (χ1) is 9.06. The summed E-state index contributed by atoms with van der Waals surface area (Å²) < 4.78 is 19.6. The normalized spacial score (nSPS) is 33.5. The summed E-state index contributed by atoms with van der Waals surface area (Å²) in [4.78, 5) is 0. The van der Waals surface area contributed by atoms with Crippen LogP contribution >= 0.6 is 0 Å². The highest BCUT2D eigenvalue weighted by Crippen LogP contribution is 2.47. The monoisotopic (exact) mass is 263 g/mol. The number of fused-ring (bicyclic) bond motifs is 4. The summed E-state index contributed by atoms with van der Waals surface area (Å²) in [7, 11) is 1.59. The lowest BCUT2D eigenvalue weighted by atomic mass is 9.63. The Balaban J connectivity index is 2.19. The standard InChI is InChI=1S/C16H22FNO/c1-16-6-4-3-5-10(15(16)18)7-12-13(16)8-11(19-2)9-14(12)17/h8-10,15H,3-7,18H2,1-2H3. The van der Waals surface area contributed by atoms with Gasteiger partial charge in [-0.15, -0.1) is 0 Å². The molecule has 1 fully saturated rings. The summed E-state index contributed by atoms with van der Waals surface area (Å²) in [5, 5.41) is 0. The number of benzene rings is 1. The second kappa shape index (κ2) is 4.48. The molecule has 0 saturated heterocycles. The molecule has 3 heteroatoms. The van der Waals surface area contributed by atoms with Crippen LogP contribution in [0.2, 0.25) is 0 Å². The first-order valence-corrected chi connectivity index (χ1v) is 7.19. The number of nitrogens with two attached hydrogens (primary N) is 1. The van der Waals surface area contributed by atoms with Gasteiger partial charge in [0.1, 0.15) is 11.6 Å². The fraction of sp³-hybridized carbons (Fsp3) is 0.625. The predicted molar refractivity (Wildman–Crippen MR) is 73.9 cm³/mol. The van der Waals surface area contributed by atoms with E-state index < -0.39 is 0 Å². The van der Waals surface area contributed by atoms with Crippen LogP contribution in [0.1, 0.15) is 43.7 Å². The zero-order valence-corrected chi connectivity index (χ0v) is 11.7. The SMILES string of the molecule is COc1cc(F)c2c(c1)C1(C)CCCCC(C2)C1N. The van der Waals surface area contributed by atoms with Gasteiger partial charge in [-0.1, -0.05) is 19.8 Å². The molecule has 2 N–H and O–H groups in total. The molecule has 1 aromatic rings. The van der Waals surface area contributed by atoms with Crippen molar-refractivity contribution in [2.24, 2.45) is 11.7 Å². The van der Waals surface area contributed by atoms with Crippen LogP contribution in [0, 0.1) is 11.7 Å². The summed E-state index contributed by atoms with van der Waals surface area (Å²) >= 11 is 0. The highest BCUT2D eigenvalue weighted by atomic mass is 19.1. The molecule has 0 aromatic heterocycles.